The number of urea groups is 1. The Hall–Kier alpha value is -4.12. The van der Waals surface area contributed by atoms with E-state index in [0.29, 0.717) is 23.4 Å². The minimum atomic E-state index is -1.57. The van der Waals surface area contributed by atoms with Crippen molar-refractivity contribution in [1.82, 2.24) is 25.8 Å². The number of piperazine rings is 1. The Morgan fingerprint density at radius 2 is 1.97 bits per heavy atom. The van der Waals surface area contributed by atoms with E-state index >= 15 is 0 Å². The van der Waals surface area contributed by atoms with Crippen LogP contribution in [0.25, 0.3) is 11.0 Å². The molecule has 3 aliphatic heterocycles. The van der Waals surface area contributed by atoms with Gasteiger partial charge in [0.2, 0.25) is 0 Å². The summed E-state index contributed by atoms with van der Waals surface area (Å²) in [4.78, 5) is 47.0. The van der Waals surface area contributed by atoms with Gasteiger partial charge < -0.3 is 29.6 Å². The number of imide groups is 1. The van der Waals surface area contributed by atoms with Gasteiger partial charge in [0.15, 0.2) is 5.54 Å². The molecule has 11 nitrogen and oxygen atoms in total. The highest BCUT2D eigenvalue weighted by atomic mass is 16.5. The lowest BCUT2D eigenvalue weighted by Crippen LogP contribution is -2.52. The standard InChI is InChI=1S/C24H24N6O5/c1-34-15-3-2-14-12-30(21(31)16(14)10-15)13-24(22(32)27-23(33)28-24)19-11-17-18(35-19)4-5-26-20(17)29-8-6-25-7-9-29/h2-5,10-11,25H,6-9,12-13H2,1H3,(H2,27,28,32,33). The van der Waals surface area contributed by atoms with E-state index in [4.69, 9.17) is 9.15 Å². The fraction of sp³-hybridized carbons (Fsp3) is 0.333. The maximum Gasteiger partial charge on any atom is 0.322 e. The van der Waals surface area contributed by atoms with Crippen LogP contribution in [0.1, 0.15) is 21.7 Å². The van der Waals surface area contributed by atoms with Gasteiger partial charge in [0.25, 0.3) is 11.8 Å². The van der Waals surface area contributed by atoms with Crippen LogP contribution in [0.5, 0.6) is 5.75 Å². The number of ether oxygens (including phenoxy) is 1. The number of amides is 4. The normalized spacial score (nSPS) is 21.9. The molecule has 1 atom stereocenters. The number of carbonyl (C=O) groups is 3. The van der Waals surface area contributed by atoms with Crippen LogP contribution in [0, 0.1) is 0 Å². The van der Waals surface area contributed by atoms with E-state index < -0.39 is 17.5 Å². The third-order valence-electron chi connectivity index (χ3n) is 6.83. The molecule has 2 fully saturated rings. The van der Waals surface area contributed by atoms with Crippen molar-refractivity contribution in [3.05, 3.63) is 53.4 Å². The van der Waals surface area contributed by atoms with Crippen LogP contribution in [0.4, 0.5) is 10.6 Å². The van der Waals surface area contributed by atoms with E-state index in [9.17, 15) is 14.4 Å². The maximum atomic E-state index is 13.2. The summed E-state index contributed by atoms with van der Waals surface area (Å²) >= 11 is 0. The van der Waals surface area contributed by atoms with E-state index in [1.165, 1.54) is 12.0 Å². The van der Waals surface area contributed by atoms with Gasteiger partial charge in [0.05, 0.1) is 19.0 Å². The second-order valence-electron chi connectivity index (χ2n) is 8.89. The molecular weight excluding hydrogens is 452 g/mol. The monoisotopic (exact) mass is 476 g/mol. The van der Waals surface area contributed by atoms with Crippen LogP contribution in [-0.4, -0.2) is 67.6 Å². The molecule has 3 aromatic rings. The number of pyridine rings is 1. The minimum absolute atomic E-state index is 0.0867. The lowest BCUT2D eigenvalue weighted by molar-refractivity contribution is -0.125. The van der Waals surface area contributed by atoms with Crippen molar-refractivity contribution < 1.29 is 23.5 Å². The van der Waals surface area contributed by atoms with Crippen LogP contribution >= 0.6 is 0 Å². The van der Waals surface area contributed by atoms with Gasteiger partial charge in [-0.15, -0.1) is 0 Å². The SMILES string of the molecule is COc1ccc2c(c1)C(=O)N(CC1(c3cc4c(N5CCNCC5)nccc4o3)NC(=O)NC1=O)C2. The first-order valence-corrected chi connectivity index (χ1v) is 11.4. The van der Waals surface area contributed by atoms with Gasteiger partial charge in [-0.25, -0.2) is 9.78 Å². The lowest BCUT2D eigenvalue weighted by Gasteiger charge is -2.29. The molecule has 0 spiro atoms. The van der Waals surface area contributed by atoms with Crippen LogP contribution < -0.4 is 25.6 Å². The molecule has 11 heteroatoms. The predicted octanol–water partition coefficient (Wildman–Crippen LogP) is 0.937. The molecule has 2 saturated heterocycles. The molecule has 0 radical (unpaired) electrons. The van der Waals surface area contributed by atoms with Crippen molar-refractivity contribution in [2.24, 2.45) is 0 Å². The van der Waals surface area contributed by atoms with Crippen LogP contribution in [0.3, 0.4) is 0 Å². The first-order valence-electron chi connectivity index (χ1n) is 11.4. The molecule has 5 heterocycles. The summed E-state index contributed by atoms with van der Waals surface area (Å²) < 4.78 is 11.4. The van der Waals surface area contributed by atoms with E-state index in [1.54, 1.807) is 30.5 Å². The molecule has 2 aromatic heterocycles. The molecule has 4 amide bonds. The zero-order valence-corrected chi connectivity index (χ0v) is 19.1. The molecule has 1 unspecified atom stereocenters. The molecule has 0 bridgehead atoms. The van der Waals surface area contributed by atoms with Crippen molar-refractivity contribution in [2.45, 2.75) is 12.1 Å². The largest absolute Gasteiger partial charge is 0.497 e. The van der Waals surface area contributed by atoms with Gasteiger partial charge >= 0.3 is 6.03 Å². The number of anilines is 1. The predicted molar refractivity (Wildman–Crippen MR) is 125 cm³/mol. The number of carbonyl (C=O) groups excluding carboxylic acids is 3. The van der Waals surface area contributed by atoms with Crippen molar-refractivity contribution in [3.63, 3.8) is 0 Å². The Labute approximate surface area is 200 Å². The number of hydrogen-bond acceptors (Lipinski definition) is 8. The first-order chi connectivity index (χ1) is 17.0. The van der Waals surface area contributed by atoms with E-state index in [0.717, 1.165) is 42.9 Å². The number of furan rings is 1. The van der Waals surface area contributed by atoms with Crippen molar-refractivity contribution in [1.29, 1.82) is 0 Å². The summed E-state index contributed by atoms with van der Waals surface area (Å²) in [7, 11) is 1.54. The average Bonchev–Trinajstić information content (AvgIpc) is 3.53. The van der Waals surface area contributed by atoms with Crippen LogP contribution in [0.2, 0.25) is 0 Å². The molecular formula is C24H24N6O5. The minimum Gasteiger partial charge on any atom is -0.497 e. The van der Waals surface area contributed by atoms with E-state index in [2.05, 4.69) is 25.8 Å². The third kappa shape index (κ3) is 3.38. The second-order valence-corrected chi connectivity index (χ2v) is 8.89. The Morgan fingerprint density at radius 1 is 1.14 bits per heavy atom. The number of methoxy groups -OCH3 is 1. The number of hydrogen-bond donors (Lipinski definition) is 3. The molecule has 6 rings (SSSR count). The number of rotatable bonds is 5. The number of aromatic nitrogens is 1. The second kappa shape index (κ2) is 7.98. The molecule has 3 aliphatic rings. The molecule has 3 N–H and O–H groups in total. The van der Waals surface area contributed by atoms with Crippen LogP contribution in [0.15, 0.2) is 40.9 Å². The van der Waals surface area contributed by atoms with Crippen molar-refractivity contribution in [3.8, 4) is 5.75 Å². The van der Waals surface area contributed by atoms with Gasteiger partial charge in [-0.1, -0.05) is 6.07 Å². The molecule has 0 aliphatic carbocycles. The fourth-order valence-electron chi connectivity index (χ4n) is 5.02. The van der Waals surface area contributed by atoms with Gasteiger partial charge in [-0.2, -0.15) is 0 Å². The summed E-state index contributed by atoms with van der Waals surface area (Å²) in [6, 6.07) is 8.15. The summed E-state index contributed by atoms with van der Waals surface area (Å²) in [5.41, 5.74) is 0.320. The third-order valence-corrected chi connectivity index (χ3v) is 6.83. The van der Waals surface area contributed by atoms with E-state index in [1.807, 2.05) is 6.07 Å². The van der Waals surface area contributed by atoms with Gasteiger partial charge in [0.1, 0.15) is 22.9 Å². The highest BCUT2D eigenvalue weighted by Gasteiger charge is 2.53. The van der Waals surface area contributed by atoms with Gasteiger partial charge in [-0.3, -0.25) is 14.9 Å². The Kier molecular flexibility index (Phi) is 4.88. The first kappa shape index (κ1) is 21.4. The van der Waals surface area contributed by atoms with Crippen molar-refractivity contribution >= 4 is 34.6 Å². The highest BCUT2D eigenvalue weighted by molar-refractivity contribution is 6.08. The fourth-order valence-corrected chi connectivity index (χ4v) is 5.02. The summed E-state index contributed by atoms with van der Waals surface area (Å²) in [6.07, 6.45) is 1.67. The van der Waals surface area contributed by atoms with E-state index in [-0.39, 0.29) is 18.2 Å². The molecule has 35 heavy (non-hydrogen) atoms. The Balaban J connectivity index is 1.39. The quantitative estimate of drug-likeness (QED) is 0.464. The number of nitrogens with zero attached hydrogens (tertiary/aromatic N) is 3. The molecule has 0 saturated carbocycles. The Morgan fingerprint density at radius 3 is 2.71 bits per heavy atom. The summed E-state index contributed by atoms with van der Waals surface area (Å²) in [6.45, 7) is 3.48. The summed E-state index contributed by atoms with van der Waals surface area (Å²) in [5, 5.41) is 9.12. The van der Waals surface area contributed by atoms with Gasteiger partial charge in [0, 0.05) is 44.5 Å². The zero-order valence-electron chi connectivity index (χ0n) is 19.1. The van der Waals surface area contributed by atoms with Crippen LogP contribution in [-0.2, 0) is 16.9 Å². The average molecular weight is 476 g/mol. The Bertz CT molecular complexity index is 1360. The lowest BCUT2D eigenvalue weighted by atomic mass is 9.95. The van der Waals surface area contributed by atoms with Crippen molar-refractivity contribution in [2.75, 3.05) is 44.7 Å². The molecule has 180 valence electrons. The smallest absolute Gasteiger partial charge is 0.322 e. The highest BCUT2D eigenvalue weighted by Crippen LogP contribution is 2.37. The maximum absolute atomic E-state index is 13.2. The number of nitrogens with one attached hydrogen (secondary N) is 3. The molecule has 1 aromatic carbocycles. The topological polar surface area (TPSA) is 129 Å². The number of benzene rings is 1. The zero-order chi connectivity index (χ0) is 24.2. The summed E-state index contributed by atoms with van der Waals surface area (Å²) in [5.74, 6) is 0.772. The van der Waals surface area contributed by atoms with Gasteiger partial charge in [-0.05, 0) is 29.8 Å². The number of fused-ring (bicyclic) bond motifs is 2.